The maximum atomic E-state index is 3.49. The van der Waals surface area contributed by atoms with Gasteiger partial charge in [0.1, 0.15) is 0 Å². The fourth-order valence-corrected chi connectivity index (χ4v) is 2.31. The highest BCUT2D eigenvalue weighted by molar-refractivity contribution is 9.10. The lowest BCUT2D eigenvalue weighted by molar-refractivity contribution is 1.53. The Hall–Kier alpha value is -1.08. The molecule has 0 unspecified atom stereocenters. The topological polar surface area (TPSA) is 0 Å². The van der Waals surface area contributed by atoms with Crippen molar-refractivity contribution in [3.8, 4) is 11.1 Å². The molecule has 0 aromatic heterocycles. The van der Waals surface area contributed by atoms with Gasteiger partial charge in [0.15, 0.2) is 0 Å². The van der Waals surface area contributed by atoms with Gasteiger partial charge in [-0.05, 0) is 34.4 Å². The fraction of sp³-hybridized carbons (Fsp3) is 0. The van der Waals surface area contributed by atoms with Crippen LogP contribution < -0.4 is 0 Å². The monoisotopic (exact) mass is 243 g/mol. The summed E-state index contributed by atoms with van der Waals surface area (Å²) in [5.41, 5.74) is 5.31. The smallest absolute Gasteiger partial charge is 0.0212 e. The predicted molar refractivity (Wildman–Crippen MR) is 62.1 cm³/mol. The summed E-state index contributed by atoms with van der Waals surface area (Å²) in [5, 5.41) is 0. The lowest BCUT2D eigenvalue weighted by Gasteiger charge is -1.99. The van der Waals surface area contributed by atoms with Crippen LogP contribution in [0.15, 0.2) is 46.9 Å². The molecule has 0 fully saturated rings. The van der Waals surface area contributed by atoms with Gasteiger partial charge < -0.3 is 0 Å². The first kappa shape index (κ1) is 8.25. The Kier molecular flexibility index (Phi) is 1.74. The number of benzene rings is 2. The van der Waals surface area contributed by atoms with Crippen LogP contribution in [0.1, 0.15) is 11.1 Å². The molecule has 0 aliphatic heterocycles. The molecule has 0 atom stereocenters. The van der Waals surface area contributed by atoms with Gasteiger partial charge in [0.05, 0.1) is 0 Å². The van der Waals surface area contributed by atoms with Gasteiger partial charge in [0.2, 0.25) is 0 Å². The van der Waals surface area contributed by atoms with Crippen LogP contribution in [0, 0.1) is 6.42 Å². The standard InChI is InChI=1S/C13H8Br/c14-11-5-6-13-10(8-11)7-9-3-1-2-4-12(9)13/h1-8H. The Balaban J connectivity index is 2.27. The van der Waals surface area contributed by atoms with Crippen LogP contribution in [-0.2, 0) is 0 Å². The van der Waals surface area contributed by atoms with Crippen molar-refractivity contribution in [2.24, 2.45) is 0 Å². The second kappa shape index (κ2) is 2.96. The molecule has 0 saturated heterocycles. The van der Waals surface area contributed by atoms with Gasteiger partial charge in [0, 0.05) is 10.9 Å². The zero-order valence-electron chi connectivity index (χ0n) is 7.50. The molecule has 67 valence electrons. The van der Waals surface area contributed by atoms with Crippen molar-refractivity contribution in [2.75, 3.05) is 0 Å². The van der Waals surface area contributed by atoms with E-state index in [1.54, 1.807) is 0 Å². The van der Waals surface area contributed by atoms with Crippen molar-refractivity contribution in [3.63, 3.8) is 0 Å². The Morgan fingerprint density at radius 2 is 1.57 bits per heavy atom. The Bertz CT molecular complexity index is 500. The number of hydrogen-bond donors (Lipinski definition) is 0. The van der Waals surface area contributed by atoms with Gasteiger partial charge in [-0.15, -0.1) is 0 Å². The maximum Gasteiger partial charge on any atom is 0.0212 e. The molecule has 2 aromatic carbocycles. The fourth-order valence-electron chi connectivity index (χ4n) is 1.93. The molecular formula is C13H8Br. The summed E-state index contributed by atoms with van der Waals surface area (Å²) >= 11 is 3.49. The summed E-state index contributed by atoms with van der Waals surface area (Å²) in [6, 6.07) is 14.9. The first-order valence-corrected chi connectivity index (χ1v) is 5.37. The molecule has 2 aromatic rings. The van der Waals surface area contributed by atoms with Crippen LogP contribution in [0.5, 0.6) is 0 Å². The van der Waals surface area contributed by atoms with Gasteiger partial charge in [-0.2, -0.15) is 0 Å². The van der Waals surface area contributed by atoms with Crippen molar-refractivity contribution < 1.29 is 0 Å². The molecule has 3 rings (SSSR count). The molecule has 0 heterocycles. The van der Waals surface area contributed by atoms with Crippen molar-refractivity contribution in [2.45, 2.75) is 0 Å². The third kappa shape index (κ3) is 1.12. The molecule has 0 saturated carbocycles. The highest BCUT2D eigenvalue weighted by atomic mass is 79.9. The third-order valence-corrected chi connectivity index (χ3v) is 3.07. The number of rotatable bonds is 0. The highest BCUT2D eigenvalue weighted by Gasteiger charge is 2.17. The summed E-state index contributed by atoms with van der Waals surface area (Å²) in [5.74, 6) is 0. The van der Waals surface area contributed by atoms with Gasteiger partial charge in [-0.25, -0.2) is 0 Å². The molecule has 1 radical (unpaired) electrons. The van der Waals surface area contributed by atoms with E-state index < -0.39 is 0 Å². The number of hydrogen-bond acceptors (Lipinski definition) is 0. The second-order valence-corrected chi connectivity index (χ2v) is 4.38. The molecule has 0 amide bonds. The van der Waals surface area contributed by atoms with Crippen LogP contribution in [0.3, 0.4) is 0 Å². The van der Waals surface area contributed by atoms with E-state index >= 15 is 0 Å². The molecule has 0 N–H and O–H groups in total. The van der Waals surface area contributed by atoms with Gasteiger partial charge in [-0.1, -0.05) is 46.3 Å². The van der Waals surface area contributed by atoms with Gasteiger partial charge in [0.25, 0.3) is 0 Å². The Morgan fingerprint density at radius 3 is 2.50 bits per heavy atom. The van der Waals surface area contributed by atoms with E-state index in [0.717, 1.165) is 4.47 Å². The van der Waals surface area contributed by atoms with E-state index in [9.17, 15) is 0 Å². The van der Waals surface area contributed by atoms with Crippen LogP contribution in [0.4, 0.5) is 0 Å². The Labute approximate surface area is 91.7 Å². The van der Waals surface area contributed by atoms with Crippen molar-refractivity contribution in [3.05, 3.63) is 64.5 Å². The SMILES string of the molecule is Brc1ccc2c(c1)[CH]c1ccccc1-2. The molecule has 1 aliphatic carbocycles. The van der Waals surface area contributed by atoms with Crippen LogP contribution >= 0.6 is 15.9 Å². The average Bonchev–Trinajstić information content (AvgIpc) is 2.54. The van der Waals surface area contributed by atoms with Crippen molar-refractivity contribution >= 4 is 15.9 Å². The quantitative estimate of drug-likeness (QED) is 0.560. The van der Waals surface area contributed by atoms with E-state index in [4.69, 9.17) is 0 Å². The molecule has 0 nitrogen and oxygen atoms in total. The Morgan fingerprint density at radius 1 is 0.786 bits per heavy atom. The lowest BCUT2D eigenvalue weighted by atomic mass is 10.1. The minimum absolute atomic E-state index is 1.14. The summed E-state index contributed by atoms with van der Waals surface area (Å²) in [7, 11) is 0. The average molecular weight is 244 g/mol. The molecular weight excluding hydrogens is 236 g/mol. The molecule has 0 spiro atoms. The van der Waals surface area contributed by atoms with E-state index in [2.05, 4.69) is 64.8 Å². The highest BCUT2D eigenvalue weighted by Crippen LogP contribution is 2.38. The minimum atomic E-state index is 1.14. The largest absolute Gasteiger partial charge is 0.0619 e. The van der Waals surface area contributed by atoms with E-state index in [0.29, 0.717) is 0 Å². The third-order valence-electron chi connectivity index (χ3n) is 2.58. The van der Waals surface area contributed by atoms with E-state index in [-0.39, 0.29) is 0 Å². The summed E-state index contributed by atoms with van der Waals surface area (Å²) in [4.78, 5) is 0. The normalized spacial score (nSPS) is 12.4. The predicted octanol–water partition coefficient (Wildman–Crippen LogP) is 4.03. The summed E-state index contributed by atoms with van der Waals surface area (Å²) in [6.07, 6.45) is 2.23. The van der Waals surface area contributed by atoms with Crippen LogP contribution in [0.2, 0.25) is 0 Å². The van der Waals surface area contributed by atoms with E-state index in [1.165, 1.54) is 22.3 Å². The second-order valence-electron chi connectivity index (χ2n) is 3.46. The first-order valence-electron chi connectivity index (χ1n) is 4.58. The maximum absolute atomic E-state index is 3.49. The van der Waals surface area contributed by atoms with Crippen LogP contribution in [0.25, 0.3) is 11.1 Å². The summed E-state index contributed by atoms with van der Waals surface area (Å²) < 4.78 is 1.14. The minimum Gasteiger partial charge on any atom is -0.0619 e. The van der Waals surface area contributed by atoms with Gasteiger partial charge in [-0.3, -0.25) is 0 Å². The lowest BCUT2D eigenvalue weighted by Crippen LogP contribution is -1.76. The van der Waals surface area contributed by atoms with E-state index in [1.807, 2.05) is 0 Å². The van der Waals surface area contributed by atoms with Crippen molar-refractivity contribution in [1.82, 2.24) is 0 Å². The number of fused-ring (bicyclic) bond motifs is 3. The zero-order valence-corrected chi connectivity index (χ0v) is 9.08. The first-order chi connectivity index (χ1) is 6.84. The zero-order chi connectivity index (χ0) is 9.54. The molecule has 1 heteroatoms. The number of halogens is 1. The molecule has 14 heavy (non-hydrogen) atoms. The van der Waals surface area contributed by atoms with Crippen molar-refractivity contribution in [1.29, 1.82) is 0 Å². The molecule has 1 aliphatic rings. The molecule has 0 bridgehead atoms. The van der Waals surface area contributed by atoms with Gasteiger partial charge >= 0.3 is 0 Å². The van der Waals surface area contributed by atoms with Crippen LogP contribution in [-0.4, -0.2) is 0 Å². The summed E-state index contributed by atoms with van der Waals surface area (Å²) in [6.45, 7) is 0.